The van der Waals surface area contributed by atoms with Gasteiger partial charge in [-0.25, -0.2) is 0 Å². The zero-order chi connectivity index (χ0) is 11.4. The van der Waals surface area contributed by atoms with Gasteiger partial charge in [0.05, 0.1) is 0 Å². The molecule has 1 N–H and O–H groups in total. The highest BCUT2D eigenvalue weighted by atomic mass is 32.1. The molecule has 0 amide bonds. The van der Waals surface area contributed by atoms with Crippen LogP contribution in [0.5, 0.6) is 0 Å². The molecule has 2 heterocycles. The third kappa shape index (κ3) is 2.68. The quantitative estimate of drug-likeness (QED) is 0.875. The van der Waals surface area contributed by atoms with E-state index in [-0.39, 0.29) is 0 Å². The molecule has 0 fully saturated rings. The third-order valence-corrected chi connectivity index (χ3v) is 3.74. The van der Waals surface area contributed by atoms with Crippen LogP contribution in [0.2, 0.25) is 0 Å². The maximum atomic E-state index is 4.13. The van der Waals surface area contributed by atoms with Gasteiger partial charge in [0.1, 0.15) is 0 Å². The molecule has 84 valence electrons. The largest absolute Gasteiger partial charge is 0.305 e. The summed E-state index contributed by atoms with van der Waals surface area (Å²) in [5.41, 5.74) is 2.60. The highest BCUT2D eigenvalue weighted by Gasteiger charge is 2.05. The number of hydrogen-bond donors (Lipinski definition) is 1. The Balaban J connectivity index is 1.94. The zero-order valence-electron chi connectivity index (χ0n) is 9.60. The van der Waals surface area contributed by atoms with Crippen molar-refractivity contribution >= 4 is 11.3 Å². The number of hydrogen-bond acceptors (Lipinski definition) is 3. The van der Waals surface area contributed by atoms with Crippen LogP contribution < -0.4 is 5.32 Å². The first-order valence-corrected chi connectivity index (χ1v) is 6.31. The van der Waals surface area contributed by atoms with E-state index in [1.54, 1.807) is 6.20 Å². The molecular weight excluding hydrogens is 216 g/mol. The second-order valence-corrected chi connectivity index (χ2v) is 4.92. The van der Waals surface area contributed by atoms with Crippen molar-refractivity contribution in [2.45, 2.75) is 26.4 Å². The van der Waals surface area contributed by atoms with Gasteiger partial charge in [-0.15, -0.1) is 11.3 Å². The van der Waals surface area contributed by atoms with Crippen LogP contribution in [0.1, 0.15) is 29.0 Å². The number of aromatic nitrogens is 1. The molecular formula is C13H16N2S. The van der Waals surface area contributed by atoms with Crippen molar-refractivity contribution in [3.63, 3.8) is 0 Å². The first-order valence-electron chi connectivity index (χ1n) is 5.43. The number of nitrogens with one attached hydrogen (secondary N) is 1. The lowest BCUT2D eigenvalue weighted by molar-refractivity contribution is 0.576. The van der Waals surface area contributed by atoms with E-state index in [0.717, 1.165) is 6.54 Å². The summed E-state index contributed by atoms with van der Waals surface area (Å²) in [6.45, 7) is 5.25. The van der Waals surface area contributed by atoms with Crippen LogP contribution in [-0.4, -0.2) is 4.98 Å². The average molecular weight is 232 g/mol. The standard InChI is InChI=1S/C13H16N2S/c1-10-5-7-16-13(10)9-15-11(2)12-4-3-6-14-8-12/h3-8,11,15H,9H2,1-2H3/t11-/m1/s1. The van der Waals surface area contributed by atoms with Gasteiger partial charge in [0.15, 0.2) is 0 Å². The Morgan fingerprint density at radius 2 is 2.31 bits per heavy atom. The minimum atomic E-state index is 0.343. The van der Waals surface area contributed by atoms with Gasteiger partial charge in [0.2, 0.25) is 0 Å². The van der Waals surface area contributed by atoms with E-state index < -0.39 is 0 Å². The van der Waals surface area contributed by atoms with Crippen molar-refractivity contribution in [1.29, 1.82) is 0 Å². The van der Waals surface area contributed by atoms with Crippen LogP contribution in [0, 0.1) is 6.92 Å². The van der Waals surface area contributed by atoms with Crippen molar-refractivity contribution < 1.29 is 0 Å². The minimum absolute atomic E-state index is 0.343. The zero-order valence-corrected chi connectivity index (χ0v) is 10.4. The predicted octanol–water partition coefficient (Wildman–Crippen LogP) is 3.30. The molecule has 1 atom stereocenters. The number of pyridine rings is 1. The molecule has 2 rings (SSSR count). The van der Waals surface area contributed by atoms with Crippen molar-refractivity contribution in [3.8, 4) is 0 Å². The number of thiophene rings is 1. The fourth-order valence-electron chi connectivity index (χ4n) is 1.58. The van der Waals surface area contributed by atoms with Crippen LogP contribution in [0.3, 0.4) is 0 Å². The van der Waals surface area contributed by atoms with Gasteiger partial charge in [0.25, 0.3) is 0 Å². The fraction of sp³-hybridized carbons (Fsp3) is 0.308. The first-order chi connectivity index (χ1) is 7.77. The smallest absolute Gasteiger partial charge is 0.0315 e. The molecule has 0 bridgehead atoms. The Morgan fingerprint density at radius 3 is 2.94 bits per heavy atom. The molecule has 2 aromatic heterocycles. The molecule has 0 aliphatic heterocycles. The Bertz CT molecular complexity index is 436. The molecule has 0 aliphatic rings. The molecule has 2 aromatic rings. The Morgan fingerprint density at radius 1 is 1.44 bits per heavy atom. The van der Waals surface area contributed by atoms with Gasteiger partial charge < -0.3 is 5.32 Å². The normalized spacial score (nSPS) is 12.6. The van der Waals surface area contributed by atoms with Gasteiger partial charge in [-0.3, -0.25) is 4.98 Å². The molecule has 0 radical (unpaired) electrons. The van der Waals surface area contributed by atoms with E-state index in [9.17, 15) is 0 Å². The summed E-state index contributed by atoms with van der Waals surface area (Å²) in [6, 6.07) is 6.59. The first kappa shape index (κ1) is 11.3. The monoisotopic (exact) mass is 232 g/mol. The lowest BCUT2D eigenvalue weighted by Crippen LogP contribution is -2.17. The Kier molecular flexibility index (Phi) is 3.70. The van der Waals surface area contributed by atoms with Crippen molar-refractivity contribution in [2.24, 2.45) is 0 Å². The molecule has 2 nitrogen and oxygen atoms in total. The minimum Gasteiger partial charge on any atom is -0.305 e. The molecule has 0 spiro atoms. The molecule has 0 unspecified atom stereocenters. The summed E-state index contributed by atoms with van der Waals surface area (Å²) in [6.07, 6.45) is 3.72. The molecule has 0 saturated heterocycles. The molecule has 16 heavy (non-hydrogen) atoms. The molecule has 0 saturated carbocycles. The fourth-order valence-corrected chi connectivity index (χ4v) is 2.44. The summed E-state index contributed by atoms with van der Waals surface area (Å²) in [4.78, 5) is 5.54. The number of nitrogens with zero attached hydrogens (tertiary/aromatic N) is 1. The van der Waals surface area contributed by atoms with Gasteiger partial charge in [-0.05, 0) is 42.5 Å². The second kappa shape index (κ2) is 5.23. The Hall–Kier alpha value is -1.19. The molecule has 0 aliphatic carbocycles. The van der Waals surface area contributed by atoms with E-state index in [1.807, 2.05) is 23.6 Å². The van der Waals surface area contributed by atoms with Crippen LogP contribution in [0.25, 0.3) is 0 Å². The maximum Gasteiger partial charge on any atom is 0.0315 e. The van der Waals surface area contributed by atoms with Crippen LogP contribution in [-0.2, 0) is 6.54 Å². The highest BCUT2D eigenvalue weighted by molar-refractivity contribution is 7.10. The van der Waals surface area contributed by atoms with E-state index in [4.69, 9.17) is 0 Å². The third-order valence-electron chi connectivity index (χ3n) is 2.72. The van der Waals surface area contributed by atoms with E-state index in [0.29, 0.717) is 6.04 Å². The van der Waals surface area contributed by atoms with Crippen molar-refractivity contribution in [1.82, 2.24) is 10.3 Å². The van der Waals surface area contributed by atoms with Crippen molar-refractivity contribution in [3.05, 3.63) is 52.0 Å². The summed E-state index contributed by atoms with van der Waals surface area (Å²) in [7, 11) is 0. The lowest BCUT2D eigenvalue weighted by atomic mass is 10.1. The van der Waals surface area contributed by atoms with Gasteiger partial charge in [-0.1, -0.05) is 6.07 Å². The highest BCUT2D eigenvalue weighted by Crippen LogP contribution is 2.17. The van der Waals surface area contributed by atoms with E-state index in [2.05, 4.69) is 41.7 Å². The molecule has 3 heteroatoms. The lowest BCUT2D eigenvalue weighted by Gasteiger charge is -2.13. The predicted molar refractivity (Wildman–Crippen MR) is 68.5 cm³/mol. The Labute approximate surface area is 100 Å². The van der Waals surface area contributed by atoms with Gasteiger partial charge >= 0.3 is 0 Å². The second-order valence-electron chi connectivity index (χ2n) is 3.92. The maximum absolute atomic E-state index is 4.13. The summed E-state index contributed by atoms with van der Waals surface area (Å²) in [5, 5.41) is 5.65. The van der Waals surface area contributed by atoms with Gasteiger partial charge in [-0.2, -0.15) is 0 Å². The van der Waals surface area contributed by atoms with E-state index >= 15 is 0 Å². The summed E-state index contributed by atoms with van der Waals surface area (Å²) in [5.74, 6) is 0. The van der Waals surface area contributed by atoms with Gasteiger partial charge in [0, 0.05) is 29.9 Å². The van der Waals surface area contributed by atoms with E-state index in [1.165, 1.54) is 16.0 Å². The average Bonchev–Trinajstić information content (AvgIpc) is 2.73. The topological polar surface area (TPSA) is 24.9 Å². The van der Waals surface area contributed by atoms with Crippen LogP contribution in [0.15, 0.2) is 36.0 Å². The van der Waals surface area contributed by atoms with Crippen molar-refractivity contribution in [2.75, 3.05) is 0 Å². The summed E-state index contributed by atoms with van der Waals surface area (Å²) < 4.78 is 0. The number of aryl methyl sites for hydroxylation is 1. The van der Waals surface area contributed by atoms with Crippen LogP contribution >= 0.6 is 11.3 Å². The summed E-state index contributed by atoms with van der Waals surface area (Å²) >= 11 is 1.81. The number of rotatable bonds is 4. The van der Waals surface area contributed by atoms with Crippen LogP contribution in [0.4, 0.5) is 0 Å². The molecule has 0 aromatic carbocycles. The SMILES string of the molecule is Cc1ccsc1CN[C@H](C)c1cccnc1.